The molecule has 1 aliphatic rings. The molecule has 1 aromatic heterocycles. The highest BCUT2D eigenvalue weighted by Gasteiger charge is 2.32. The molecule has 0 bridgehead atoms. The molecule has 1 aliphatic heterocycles. The van der Waals surface area contributed by atoms with E-state index in [0.29, 0.717) is 17.5 Å². The minimum atomic E-state index is -3.07. The fourth-order valence-electron chi connectivity index (χ4n) is 1.83. The summed E-state index contributed by atoms with van der Waals surface area (Å²) in [7, 11) is -3.07. The first-order valence-corrected chi connectivity index (χ1v) is 6.52. The largest absolute Gasteiger partial charge is 0.296 e. The molecule has 0 aromatic carbocycles. The second kappa shape index (κ2) is 3.16. The number of fused-ring (bicyclic) bond motifs is 1. The summed E-state index contributed by atoms with van der Waals surface area (Å²) in [6.07, 6.45) is 0.624. The number of aromatic nitrogens is 2. The van der Waals surface area contributed by atoms with Crippen LogP contribution in [-0.2, 0) is 21.3 Å². The van der Waals surface area contributed by atoms with Crippen molar-refractivity contribution in [2.75, 3.05) is 0 Å². The predicted octanol–water partition coefficient (Wildman–Crippen LogP) is 0.705. The minimum Gasteiger partial charge on any atom is -0.296 e. The molecule has 15 heavy (non-hydrogen) atoms. The Morgan fingerprint density at radius 1 is 1.40 bits per heavy atom. The molecule has 6 heteroatoms. The van der Waals surface area contributed by atoms with Crippen molar-refractivity contribution >= 4 is 16.1 Å². The van der Waals surface area contributed by atoms with Gasteiger partial charge in [0.15, 0.2) is 16.1 Å². The third-order valence-electron chi connectivity index (χ3n) is 2.47. The molecule has 0 saturated carbocycles. The zero-order valence-electron chi connectivity index (χ0n) is 8.60. The van der Waals surface area contributed by atoms with Crippen LogP contribution in [0.25, 0.3) is 0 Å². The SMILES string of the molecule is CC(C)n1nc(C=O)c2c1CS(=O)(=O)C2. The van der Waals surface area contributed by atoms with Gasteiger partial charge in [-0.2, -0.15) is 5.10 Å². The fraction of sp³-hybridized carbons (Fsp3) is 0.556. The summed E-state index contributed by atoms with van der Waals surface area (Å²) < 4.78 is 24.5. The number of hydrogen-bond donors (Lipinski definition) is 0. The maximum atomic E-state index is 11.4. The van der Waals surface area contributed by atoms with Gasteiger partial charge in [-0.3, -0.25) is 9.48 Å². The van der Waals surface area contributed by atoms with Gasteiger partial charge in [0.25, 0.3) is 0 Å². The topological polar surface area (TPSA) is 69.0 Å². The Labute approximate surface area is 88.0 Å². The molecule has 82 valence electrons. The monoisotopic (exact) mass is 228 g/mol. The van der Waals surface area contributed by atoms with E-state index in [1.165, 1.54) is 0 Å². The van der Waals surface area contributed by atoms with Gasteiger partial charge < -0.3 is 0 Å². The number of sulfone groups is 1. The van der Waals surface area contributed by atoms with Crippen molar-refractivity contribution < 1.29 is 13.2 Å². The maximum absolute atomic E-state index is 11.4. The molecule has 0 amide bonds. The van der Waals surface area contributed by atoms with Crippen molar-refractivity contribution in [3.8, 4) is 0 Å². The Kier molecular flexibility index (Phi) is 2.18. The smallest absolute Gasteiger partial charge is 0.170 e. The minimum absolute atomic E-state index is 0.00134. The second-order valence-corrected chi connectivity index (χ2v) is 6.06. The Balaban J connectivity index is 2.62. The number of carbonyl (C=O) groups is 1. The van der Waals surface area contributed by atoms with Crippen LogP contribution >= 0.6 is 0 Å². The lowest BCUT2D eigenvalue weighted by molar-refractivity contribution is 0.111. The van der Waals surface area contributed by atoms with Gasteiger partial charge in [-0.25, -0.2) is 8.42 Å². The second-order valence-electron chi connectivity index (χ2n) is 4.00. The van der Waals surface area contributed by atoms with Crippen molar-refractivity contribution in [1.82, 2.24) is 9.78 Å². The van der Waals surface area contributed by atoms with E-state index in [0.717, 1.165) is 0 Å². The van der Waals surface area contributed by atoms with Gasteiger partial charge in [0, 0.05) is 11.6 Å². The lowest BCUT2D eigenvalue weighted by Crippen LogP contribution is -2.09. The van der Waals surface area contributed by atoms with E-state index in [9.17, 15) is 13.2 Å². The van der Waals surface area contributed by atoms with Gasteiger partial charge in [0.05, 0.1) is 17.2 Å². The standard InChI is InChI=1S/C9H12N2O3S/c1-6(2)11-9-5-15(13,14)4-7(9)8(3-12)10-11/h3,6H,4-5H2,1-2H3. The highest BCUT2D eigenvalue weighted by Crippen LogP contribution is 2.29. The van der Waals surface area contributed by atoms with Crippen LogP contribution in [0.4, 0.5) is 0 Å². The van der Waals surface area contributed by atoms with Crippen molar-refractivity contribution in [1.29, 1.82) is 0 Å². The van der Waals surface area contributed by atoms with E-state index < -0.39 is 9.84 Å². The molecular formula is C9H12N2O3S. The van der Waals surface area contributed by atoms with Crippen LogP contribution in [0, 0.1) is 0 Å². The van der Waals surface area contributed by atoms with E-state index in [1.54, 1.807) is 4.68 Å². The Morgan fingerprint density at radius 3 is 2.60 bits per heavy atom. The summed E-state index contributed by atoms with van der Waals surface area (Å²) >= 11 is 0. The number of aldehydes is 1. The molecular weight excluding hydrogens is 216 g/mol. The lowest BCUT2D eigenvalue weighted by atomic mass is 10.2. The molecule has 5 nitrogen and oxygen atoms in total. The Morgan fingerprint density at radius 2 is 2.07 bits per heavy atom. The fourth-order valence-corrected chi connectivity index (χ4v) is 3.41. The molecule has 0 spiro atoms. The van der Waals surface area contributed by atoms with Crippen LogP contribution in [0.1, 0.15) is 41.6 Å². The summed E-state index contributed by atoms with van der Waals surface area (Å²) in [4.78, 5) is 10.7. The van der Waals surface area contributed by atoms with Gasteiger partial charge in [0.1, 0.15) is 5.69 Å². The van der Waals surface area contributed by atoms with Crippen molar-refractivity contribution in [2.24, 2.45) is 0 Å². The summed E-state index contributed by atoms with van der Waals surface area (Å²) in [5.41, 5.74) is 1.52. The van der Waals surface area contributed by atoms with E-state index in [1.807, 2.05) is 13.8 Å². The van der Waals surface area contributed by atoms with Crippen molar-refractivity contribution in [3.05, 3.63) is 17.0 Å². The number of carbonyl (C=O) groups excluding carboxylic acids is 1. The number of nitrogens with zero attached hydrogens (tertiary/aromatic N) is 2. The van der Waals surface area contributed by atoms with Gasteiger partial charge >= 0.3 is 0 Å². The first kappa shape index (κ1) is 10.4. The Bertz CT molecular complexity index is 514. The van der Waals surface area contributed by atoms with E-state index in [2.05, 4.69) is 5.10 Å². The first-order chi connectivity index (χ1) is 6.94. The normalized spacial score (nSPS) is 18.1. The summed E-state index contributed by atoms with van der Waals surface area (Å²) in [6, 6.07) is 0.0701. The third-order valence-corrected chi connectivity index (χ3v) is 3.91. The van der Waals surface area contributed by atoms with Crippen LogP contribution in [0.2, 0.25) is 0 Å². The molecule has 0 N–H and O–H groups in total. The van der Waals surface area contributed by atoms with Crippen molar-refractivity contribution in [2.45, 2.75) is 31.4 Å². The van der Waals surface area contributed by atoms with Crippen LogP contribution in [0.3, 0.4) is 0 Å². The molecule has 0 unspecified atom stereocenters. The molecule has 2 heterocycles. The van der Waals surface area contributed by atoms with Crippen LogP contribution < -0.4 is 0 Å². The molecule has 0 radical (unpaired) electrons. The third kappa shape index (κ3) is 1.58. The van der Waals surface area contributed by atoms with Gasteiger partial charge in [-0.05, 0) is 13.8 Å². The van der Waals surface area contributed by atoms with Crippen LogP contribution in [0.5, 0.6) is 0 Å². The summed E-state index contributed by atoms with van der Waals surface area (Å²) in [5, 5.41) is 4.10. The van der Waals surface area contributed by atoms with Crippen LogP contribution in [-0.4, -0.2) is 24.5 Å². The number of hydrogen-bond acceptors (Lipinski definition) is 4. The highest BCUT2D eigenvalue weighted by atomic mass is 32.2. The molecule has 1 aromatic rings. The first-order valence-electron chi connectivity index (χ1n) is 4.70. The zero-order chi connectivity index (χ0) is 11.2. The molecule has 0 fully saturated rings. The molecule has 0 atom stereocenters. The van der Waals surface area contributed by atoms with Gasteiger partial charge in [-0.1, -0.05) is 0 Å². The molecule has 0 aliphatic carbocycles. The summed E-state index contributed by atoms with van der Waals surface area (Å²) in [5.74, 6) is -0.0511. The van der Waals surface area contributed by atoms with E-state index in [-0.39, 0.29) is 23.2 Å². The van der Waals surface area contributed by atoms with Gasteiger partial charge in [0.2, 0.25) is 0 Å². The van der Waals surface area contributed by atoms with E-state index >= 15 is 0 Å². The summed E-state index contributed by atoms with van der Waals surface area (Å²) in [6.45, 7) is 3.82. The zero-order valence-corrected chi connectivity index (χ0v) is 9.41. The van der Waals surface area contributed by atoms with Gasteiger partial charge in [-0.15, -0.1) is 0 Å². The molecule has 0 saturated heterocycles. The van der Waals surface area contributed by atoms with E-state index in [4.69, 9.17) is 0 Å². The lowest BCUT2D eigenvalue weighted by Gasteiger charge is -2.07. The quantitative estimate of drug-likeness (QED) is 0.699. The highest BCUT2D eigenvalue weighted by molar-refractivity contribution is 7.90. The predicted molar refractivity (Wildman–Crippen MR) is 54.3 cm³/mol. The van der Waals surface area contributed by atoms with Crippen molar-refractivity contribution in [3.63, 3.8) is 0 Å². The average Bonchev–Trinajstić information content (AvgIpc) is 2.57. The van der Waals surface area contributed by atoms with Crippen LogP contribution in [0.15, 0.2) is 0 Å². The molecule has 2 rings (SSSR count). The number of rotatable bonds is 2. The Hall–Kier alpha value is -1.17. The maximum Gasteiger partial charge on any atom is 0.170 e. The average molecular weight is 228 g/mol.